The van der Waals surface area contributed by atoms with Gasteiger partial charge in [-0.2, -0.15) is 0 Å². The second-order valence-corrected chi connectivity index (χ2v) is 13.9. The lowest BCUT2D eigenvalue weighted by Crippen LogP contribution is -2.71. The van der Waals surface area contributed by atoms with E-state index in [4.69, 9.17) is 33.2 Å². The van der Waals surface area contributed by atoms with Gasteiger partial charge in [0.15, 0.2) is 18.9 Å². The molecule has 4 rings (SSSR count). The third kappa shape index (κ3) is 10.1. The minimum atomic E-state index is -3.11. The van der Waals surface area contributed by atoms with E-state index in [0.717, 1.165) is 13.8 Å². The Morgan fingerprint density at radius 2 is 1.32 bits per heavy atom. The monoisotopic (exact) mass is 820 g/mol. The first kappa shape index (κ1) is 46.3. The predicted molar refractivity (Wildman–Crippen MR) is 173 cm³/mol. The Hall–Kier alpha value is -2.35. The van der Waals surface area contributed by atoms with Crippen LogP contribution in [-0.2, 0) is 47.5 Å². The third-order valence-corrected chi connectivity index (χ3v) is 9.87. The van der Waals surface area contributed by atoms with Gasteiger partial charge in [0.05, 0.1) is 44.7 Å². The molecular weight excluding hydrogens is 768 g/mol. The van der Waals surface area contributed by atoms with E-state index in [1.807, 2.05) is 0 Å². The molecule has 0 aromatic carbocycles. The van der Waals surface area contributed by atoms with E-state index in [1.54, 1.807) is 0 Å². The van der Waals surface area contributed by atoms with Crippen LogP contribution in [0.3, 0.4) is 0 Å². The highest BCUT2D eigenvalue weighted by Gasteiger charge is 2.60. The summed E-state index contributed by atoms with van der Waals surface area (Å²) in [5, 5.41) is 141. The smallest absolute Gasteiger partial charge is 0.364 e. The molecule has 4 saturated heterocycles. The molecule has 4 aliphatic heterocycles. The van der Waals surface area contributed by atoms with Crippen molar-refractivity contribution >= 4 is 17.8 Å². The summed E-state index contributed by atoms with van der Waals surface area (Å²) in [4.78, 5) is 37.0. The van der Waals surface area contributed by atoms with E-state index in [0.29, 0.717) is 0 Å². The number of rotatable bonds is 15. The molecule has 0 bridgehead atoms. The van der Waals surface area contributed by atoms with Gasteiger partial charge < -0.3 is 110 Å². The molecular formula is C31H52N2O23. The van der Waals surface area contributed by atoms with Crippen LogP contribution in [0.25, 0.3) is 0 Å². The van der Waals surface area contributed by atoms with Gasteiger partial charge in [-0.3, -0.25) is 9.59 Å². The average molecular weight is 821 g/mol. The largest absolute Gasteiger partial charge is 0.477 e. The molecule has 25 nitrogen and oxygen atoms in total. The number of nitrogens with one attached hydrogen (secondary N) is 2. The minimum absolute atomic E-state index is 0.428. The Kier molecular flexibility index (Phi) is 16.2. The Morgan fingerprint density at radius 1 is 0.732 bits per heavy atom. The van der Waals surface area contributed by atoms with Crippen LogP contribution < -0.4 is 10.6 Å². The Balaban J connectivity index is 1.69. The highest BCUT2D eigenvalue weighted by Crippen LogP contribution is 2.39. The number of hydrogen-bond acceptors (Lipinski definition) is 22. The van der Waals surface area contributed by atoms with Gasteiger partial charge in [-0.05, 0) is 0 Å². The number of aliphatic hydroxyl groups is 12. The van der Waals surface area contributed by atoms with Crippen molar-refractivity contribution in [2.75, 3.05) is 26.4 Å². The summed E-state index contributed by atoms with van der Waals surface area (Å²) < 4.78 is 39.8. The van der Waals surface area contributed by atoms with Crippen LogP contribution in [0.1, 0.15) is 26.7 Å². The molecule has 0 spiro atoms. The summed E-state index contributed by atoms with van der Waals surface area (Å²) in [5.74, 6) is -6.64. The van der Waals surface area contributed by atoms with Crippen LogP contribution in [0, 0.1) is 0 Å². The van der Waals surface area contributed by atoms with E-state index < -0.39 is 179 Å². The van der Waals surface area contributed by atoms with Gasteiger partial charge in [-0.25, -0.2) is 4.79 Å². The number of ether oxygens (including phenoxy) is 7. The molecule has 0 aromatic heterocycles. The first-order valence-electron chi connectivity index (χ1n) is 17.6. The number of carbonyl (C=O) groups excluding carboxylic acids is 2. The van der Waals surface area contributed by atoms with E-state index in [2.05, 4.69) is 10.6 Å². The predicted octanol–water partition coefficient (Wildman–Crippen LogP) is -9.23. The summed E-state index contributed by atoms with van der Waals surface area (Å²) in [6, 6.07) is -3.16. The maximum absolute atomic E-state index is 12.9. The van der Waals surface area contributed by atoms with Crippen LogP contribution in [0.4, 0.5) is 0 Å². The lowest BCUT2D eigenvalue weighted by Gasteiger charge is -2.51. The van der Waals surface area contributed by atoms with Crippen molar-refractivity contribution in [2.45, 2.75) is 149 Å². The average Bonchev–Trinajstić information content (AvgIpc) is 3.14. The van der Waals surface area contributed by atoms with Crippen molar-refractivity contribution in [1.29, 1.82) is 0 Å². The zero-order valence-electron chi connectivity index (χ0n) is 30.1. The summed E-state index contributed by atoms with van der Waals surface area (Å²) in [6.45, 7) is -1.75. The van der Waals surface area contributed by atoms with Gasteiger partial charge in [-0.15, -0.1) is 0 Å². The number of hydrogen-bond donors (Lipinski definition) is 15. The zero-order valence-corrected chi connectivity index (χ0v) is 30.1. The summed E-state index contributed by atoms with van der Waals surface area (Å²) in [6.07, 6.45) is -32.8. The van der Waals surface area contributed by atoms with Gasteiger partial charge in [-0.1, -0.05) is 0 Å². The quantitative estimate of drug-likeness (QED) is 0.0729. The Labute approximate surface area is 317 Å². The van der Waals surface area contributed by atoms with Crippen molar-refractivity contribution in [3.05, 3.63) is 0 Å². The molecule has 4 heterocycles. The molecule has 4 fully saturated rings. The molecule has 25 heteroatoms. The maximum atomic E-state index is 12.9. The molecule has 56 heavy (non-hydrogen) atoms. The van der Waals surface area contributed by atoms with Gasteiger partial charge >= 0.3 is 5.97 Å². The molecule has 0 saturated carbocycles. The number of amides is 2. The fourth-order valence-electron chi connectivity index (χ4n) is 7.04. The fraction of sp³-hybridized carbons (Fsp3) is 0.903. The second kappa shape index (κ2) is 19.6. The van der Waals surface area contributed by atoms with Crippen LogP contribution in [-0.4, -0.2) is 233 Å². The Bertz CT molecular complexity index is 1320. The standard InChI is InChI=1S/C31H52N2O23/c1-9(38)32-18-12(41)4-31(30(48)49,55-25(18)21(44)13(42)5-34)56-27-22(45)15(7-36)52-29(23(27)46)54-24-16(8-37)51-28(47)19(33-10(2)39)26(24)53-17-3-11(40)20(43)14(6-35)50-17/h11-29,34-37,40-47H,3-8H2,1-2H3,(H,32,38)(H,33,39)(H,48,49)/t11-,12-,13+,14-,15+,16+,17-,18+,19+,20-,21+,22-,23+,24+,25+,26+,27-,28?,29-,31-/m0/s1. The minimum Gasteiger partial charge on any atom is -0.477 e. The SMILES string of the molecule is CC(=O)N[C@H]1[C@H]([C@H](O)[C@H](O)CO)O[C@@](O[C@H]2[C@@H](O)[C@@H](CO)O[C@@H](O[C@H]3[C@H](O[C@H]4C[C@H](O)[C@H](O)[C@H](CO)O4)[C@@H](NC(C)=O)C(O)O[C@@H]3CO)[C@@H]2O)(C(=O)O)C[C@@H]1O. The van der Waals surface area contributed by atoms with Crippen molar-refractivity contribution < 1.29 is 114 Å². The van der Waals surface area contributed by atoms with Crippen molar-refractivity contribution in [1.82, 2.24) is 10.6 Å². The summed E-state index contributed by atoms with van der Waals surface area (Å²) in [5.41, 5.74) is 0. The fourth-order valence-corrected chi connectivity index (χ4v) is 7.04. The lowest BCUT2D eigenvalue weighted by molar-refractivity contribution is -0.387. The number of carbonyl (C=O) groups is 3. The van der Waals surface area contributed by atoms with Gasteiger partial charge in [0.2, 0.25) is 11.8 Å². The highest BCUT2D eigenvalue weighted by molar-refractivity contribution is 5.76. The van der Waals surface area contributed by atoms with Crippen molar-refractivity contribution in [2.24, 2.45) is 0 Å². The summed E-state index contributed by atoms with van der Waals surface area (Å²) in [7, 11) is 0. The molecule has 1 unspecified atom stereocenters. The summed E-state index contributed by atoms with van der Waals surface area (Å²) >= 11 is 0. The zero-order chi connectivity index (χ0) is 41.8. The number of aliphatic carboxylic acids is 1. The van der Waals surface area contributed by atoms with Crippen LogP contribution in [0.5, 0.6) is 0 Å². The van der Waals surface area contributed by atoms with E-state index in [-0.39, 0.29) is 0 Å². The number of carboxylic acids is 1. The first-order valence-corrected chi connectivity index (χ1v) is 17.6. The van der Waals surface area contributed by atoms with Gasteiger partial charge in [0.1, 0.15) is 79.3 Å². The molecule has 0 radical (unpaired) electrons. The lowest BCUT2D eigenvalue weighted by atomic mass is 9.88. The molecule has 324 valence electrons. The first-order chi connectivity index (χ1) is 26.3. The van der Waals surface area contributed by atoms with Crippen molar-refractivity contribution in [3.63, 3.8) is 0 Å². The van der Waals surface area contributed by atoms with Gasteiger partial charge in [0.25, 0.3) is 5.79 Å². The van der Waals surface area contributed by atoms with E-state index >= 15 is 0 Å². The molecule has 20 atom stereocenters. The second-order valence-electron chi connectivity index (χ2n) is 13.9. The highest BCUT2D eigenvalue weighted by atomic mass is 16.8. The Morgan fingerprint density at radius 3 is 1.88 bits per heavy atom. The van der Waals surface area contributed by atoms with Crippen molar-refractivity contribution in [3.8, 4) is 0 Å². The maximum Gasteiger partial charge on any atom is 0.364 e. The van der Waals surface area contributed by atoms with Crippen LogP contribution in [0.2, 0.25) is 0 Å². The van der Waals surface area contributed by atoms with Gasteiger partial charge in [0, 0.05) is 26.7 Å². The number of carboxylic acid groups (broad SMARTS) is 1. The molecule has 15 N–H and O–H groups in total. The van der Waals surface area contributed by atoms with E-state index in [9.17, 15) is 80.8 Å². The topological polar surface area (TPSA) is 403 Å². The molecule has 2 amide bonds. The van der Waals surface area contributed by atoms with Crippen LogP contribution >= 0.6 is 0 Å². The normalized spacial score (nSPS) is 44.4. The number of aliphatic hydroxyl groups excluding tert-OH is 12. The third-order valence-electron chi connectivity index (χ3n) is 9.87. The van der Waals surface area contributed by atoms with E-state index in [1.165, 1.54) is 0 Å². The molecule has 4 aliphatic rings. The van der Waals surface area contributed by atoms with Crippen LogP contribution in [0.15, 0.2) is 0 Å². The molecule has 0 aliphatic carbocycles. The molecule has 0 aromatic rings.